The Labute approximate surface area is 111 Å². The Morgan fingerprint density at radius 2 is 2.44 bits per heavy atom. The Kier molecular flexibility index (Phi) is 3.43. The molecule has 1 atom stereocenters. The van der Waals surface area contributed by atoms with Crippen LogP contribution in [0.1, 0.15) is 24.8 Å². The van der Waals surface area contributed by atoms with Crippen LogP contribution >= 0.6 is 11.3 Å². The molecule has 3 rings (SSSR count). The lowest BCUT2D eigenvalue weighted by molar-refractivity contribution is 0.574. The lowest BCUT2D eigenvalue weighted by Gasteiger charge is -2.11. The Morgan fingerprint density at radius 3 is 3.28 bits per heavy atom. The summed E-state index contributed by atoms with van der Waals surface area (Å²) >= 11 is 1.72. The number of aryl methyl sites for hydroxylation is 1. The molecule has 96 valence electrons. The normalized spacial score (nSPS) is 19.5. The van der Waals surface area contributed by atoms with Crippen molar-refractivity contribution in [1.82, 2.24) is 15.3 Å². The van der Waals surface area contributed by atoms with Crippen molar-refractivity contribution in [2.24, 2.45) is 0 Å². The molecule has 2 aromatic rings. The maximum absolute atomic E-state index is 4.35. The standard InChI is InChI=1S/C13H18N4S/c1-9-7-18-12-11(9)16-8-17-13(12)15-6-4-10-3-2-5-14-10/h7-8,10,14H,2-6H2,1H3,(H,15,16,17)/t10-/m0/s1. The average molecular weight is 262 g/mol. The summed E-state index contributed by atoms with van der Waals surface area (Å²) in [6.07, 6.45) is 5.43. The molecule has 0 amide bonds. The molecule has 1 aliphatic heterocycles. The fraction of sp³-hybridized carbons (Fsp3) is 0.538. The predicted octanol–water partition coefficient (Wildman–Crippen LogP) is 2.55. The molecule has 0 aromatic carbocycles. The van der Waals surface area contributed by atoms with Crippen LogP contribution in [0.5, 0.6) is 0 Å². The van der Waals surface area contributed by atoms with E-state index in [1.165, 1.54) is 29.6 Å². The molecular weight excluding hydrogens is 244 g/mol. The first-order valence-electron chi connectivity index (χ1n) is 6.50. The Hall–Kier alpha value is -1.20. The van der Waals surface area contributed by atoms with Crippen molar-refractivity contribution in [2.45, 2.75) is 32.2 Å². The van der Waals surface area contributed by atoms with Crippen molar-refractivity contribution < 1.29 is 0 Å². The van der Waals surface area contributed by atoms with Gasteiger partial charge in [-0.05, 0) is 43.7 Å². The monoisotopic (exact) mass is 262 g/mol. The molecule has 18 heavy (non-hydrogen) atoms. The molecule has 0 aliphatic carbocycles. The molecule has 2 aromatic heterocycles. The van der Waals surface area contributed by atoms with Crippen LogP contribution in [0, 0.1) is 6.92 Å². The molecule has 5 heteroatoms. The van der Waals surface area contributed by atoms with Crippen LogP contribution in [0.25, 0.3) is 10.2 Å². The zero-order chi connectivity index (χ0) is 12.4. The van der Waals surface area contributed by atoms with Gasteiger partial charge in [-0.2, -0.15) is 0 Å². The molecule has 1 saturated heterocycles. The van der Waals surface area contributed by atoms with E-state index >= 15 is 0 Å². The van der Waals surface area contributed by atoms with Crippen LogP contribution in [0.3, 0.4) is 0 Å². The van der Waals surface area contributed by atoms with Crippen molar-refractivity contribution >= 4 is 27.4 Å². The van der Waals surface area contributed by atoms with Gasteiger partial charge in [-0.1, -0.05) is 0 Å². The van der Waals surface area contributed by atoms with Crippen molar-refractivity contribution in [3.63, 3.8) is 0 Å². The summed E-state index contributed by atoms with van der Waals surface area (Å²) in [5.74, 6) is 0.982. The predicted molar refractivity (Wildman–Crippen MR) is 76.3 cm³/mol. The number of aromatic nitrogens is 2. The molecule has 0 unspecified atom stereocenters. The fourth-order valence-electron chi connectivity index (χ4n) is 2.46. The second-order valence-electron chi connectivity index (χ2n) is 4.83. The maximum atomic E-state index is 4.35. The highest BCUT2D eigenvalue weighted by molar-refractivity contribution is 7.18. The van der Waals surface area contributed by atoms with Crippen molar-refractivity contribution in [3.8, 4) is 0 Å². The van der Waals surface area contributed by atoms with Gasteiger partial charge >= 0.3 is 0 Å². The van der Waals surface area contributed by atoms with Crippen LogP contribution in [0.15, 0.2) is 11.7 Å². The molecule has 0 radical (unpaired) electrons. The zero-order valence-corrected chi connectivity index (χ0v) is 11.4. The quantitative estimate of drug-likeness (QED) is 0.889. The highest BCUT2D eigenvalue weighted by Gasteiger charge is 2.13. The summed E-state index contributed by atoms with van der Waals surface area (Å²) in [5, 5.41) is 9.10. The van der Waals surface area contributed by atoms with E-state index in [2.05, 4.69) is 32.9 Å². The van der Waals surface area contributed by atoms with Gasteiger partial charge in [-0.25, -0.2) is 9.97 Å². The number of thiophene rings is 1. The number of hydrogen-bond acceptors (Lipinski definition) is 5. The van der Waals surface area contributed by atoms with E-state index < -0.39 is 0 Å². The number of fused-ring (bicyclic) bond motifs is 1. The Balaban J connectivity index is 1.66. The third-order valence-corrected chi connectivity index (χ3v) is 4.57. The first kappa shape index (κ1) is 11.9. The van der Waals surface area contributed by atoms with Crippen LogP contribution in [0.2, 0.25) is 0 Å². The van der Waals surface area contributed by atoms with Gasteiger partial charge in [0, 0.05) is 12.6 Å². The number of hydrogen-bond donors (Lipinski definition) is 2. The lowest BCUT2D eigenvalue weighted by Crippen LogP contribution is -2.24. The van der Waals surface area contributed by atoms with Gasteiger partial charge in [0.05, 0.1) is 10.2 Å². The highest BCUT2D eigenvalue weighted by atomic mass is 32.1. The van der Waals surface area contributed by atoms with Crippen molar-refractivity contribution in [2.75, 3.05) is 18.4 Å². The summed E-state index contributed by atoms with van der Waals surface area (Å²) in [7, 11) is 0. The number of rotatable bonds is 4. The Morgan fingerprint density at radius 1 is 1.50 bits per heavy atom. The minimum atomic E-state index is 0.680. The van der Waals surface area contributed by atoms with Crippen molar-refractivity contribution in [1.29, 1.82) is 0 Å². The minimum Gasteiger partial charge on any atom is -0.369 e. The summed E-state index contributed by atoms with van der Waals surface area (Å²) in [4.78, 5) is 8.69. The van der Waals surface area contributed by atoms with Crippen LogP contribution in [-0.2, 0) is 0 Å². The van der Waals surface area contributed by atoms with E-state index in [4.69, 9.17) is 0 Å². The maximum Gasteiger partial charge on any atom is 0.147 e. The van der Waals surface area contributed by atoms with Crippen molar-refractivity contribution in [3.05, 3.63) is 17.3 Å². The number of anilines is 1. The summed E-state index contributed by atoms with van der Waals surface area (Å²) in [6.45, 7) is 4.24. The largest absolute Gasteiger partial charge is 0.369 e. The highest BCUT2D eigenvalue weighted by Crippen LogP contribution is 2.28. The van der Waals surface area contributed by atoms with E-state index in [1.807, 2.05) is 0 Å². The molecule has 0 saturated carbocycles. The second kappa shape index (κ2) is 5.20. The topological polar surface area (TPSA) is 49.8 Å². The summed E-state index contributed by atoms with van der Waals surface area (Å²) in [6, 6.07) is 0.680. The number of nitrogens with one attached hydrogen (secondary N) is 2. The van der Waals surface area contributed by atoms with Gasteiger partial charge in [-0.15, -0.1) is 11.3 Å². The van der Waals surface area contributed by atoms with E-state index in [0.717, 1.165) is 24.3 Å². The van der Waals surface area contributed by atoms with E-state index in [1.54, 1.807) is 17.7 Å². The van der Waals surface area contributed by atoms with E-state index in [-0.39, 0.29) is 0 Å². The first-order valence-corrected chi connectivity index (χ1v) is 7.38. The third kappa shape index (κ3) is 2.33. The summed E-state index contributed by atoms with van der Waals surface area (Å²) < 4.78 is 1.18. The van der Waals surface area contributed by atoms with Crippen LogP contribution in [-0.4, -0.2) is 29.1 Å². The van der Waals surface area contributed by atoms with Gasteiger partial charge in [0.15, 0.2) is 0 Å². The molecule has 1 aliphatic rings. The lowest BCUT2D eigenvalue weighted by atomic mass is 10.1. The molecule has 0 spiro atoms. The van der Waals surface area contributed by atoms with Gasteiger partial charge in [0.2, 0.25) is 0 Å². The zero-order valence-electron chi connectivity index (χ0n) is 10.6. The SMILES string of the molecule is Cc1csc2c(NCC[C@@H]3CCCN3)ncnc12. The van der Waals surface area contributed by atoms with Gasteiger partial charge in [0.25, 0.3) is 0 Å². The smallest absolute Gasteiger partial charge is 0.147 e. The third-order valence-electron chi connectivity index (χ3n) is 3.48. The molecule has 2 N–H and O–H groups in total. The molecule has 1 fully saturated rings. The van der Waals surface area contributed by atoms with Gasteiger partial charge in [0.1, 0.15) is 12.1 Å². The van der Waals surface area contributed by atoms with E-state index in [0.29, 0.717) is 6.04 Å². The van der Waals surface area contributed by atoms with E-state index in [9.17, 15) is 0 Å². The Bertz CT molecular complexity index is 531. The van der Waals surface area contributed by atoms with Crippen LogP contribution < -0.4 is 10.6 Å². The second-order valence-corrected chi connectivity index (χ2v) is 5.71. The van der Waals surface area contributed by atoms with Crippen LogP contribution in [0.4, 0.5) is 5.82 Å². The van der Waals surface area contributed by atoms with Gasteiger partial charge in [-0.3, -0.25) is 0 Å². The molecular formula is C13H18N4S. The molecule has 4 nitrogen and oxygen atoms in total. The fourth-order valence-corrected chi connectivity index (χ4v) is 3.43. The summed E-state index contributed by atoms with van der Waals surface area (Å²) in [5.41, 5.74) is 2.31. The molecule has 0 bridgehead atoms. The average Bonchev–Trinajstić information content (AvgIpc) is 3.01. The number of nitrogens with zero attached hydrogens (tertiary/aromatic N) is 2. The van der Waals surface area contributed by atoms with Gasteiger partial charge < -0.3 is 10.6 Å². The molecule has 3 heterocycles. The first-order chi connectivity index (χ1) is 8.84. The minimum absolute atomic E-state index is 0.680.